The molecule has 0 saturated heterocycles. The molecule has 2 unspecified atom stereocenters. The van der Waals surface area contributed by atoms with E-state index in [4.69, 9.17) is 5.73 Å². The van der Waals surface area contributed by atoms with Crippen molar-refractivity contribution in [3.05, 3.63) is 34.3 Å². The Morgan fingerprint density at radius 3 is 2.71 bits per heavy atom. The smallest absolute Gasteiger partial charge is 0.0207 e. The molecule has 1 aromatic rings. The molecule has 17 heavy (non-hydrogen) atoms. The number of nitrogens with two attached hydrogens (primary N) is 1. The second-order valence-electron chi connectivity index (χ2n) is 5.95. The summed E-state index contributed by atoms with van der Waals surface area (Å²) < 4.78 is 1.19. The predicted molar refractivity (Wildman–Crippen MR) is 76.9 cm³/mol. The number of hydrogen-bond acceptors (Lipinski definition) is 1. The van der Waals surface area contributed by atoms with Crippen molar-refractivity contribution in [2.75, 3.05) is 0 Å². The van der Waals surface area contributed by atoms with E-state index in [-0.39, 0.29) is 6.04 Å². The predicted octanol–water partition coefficient (Wildman–Crippen LogP) is 4.15. The van der Waals surface area contributed by atoms with Gasteiger partial charge in [-0.2, -0.15) is 0 Å². The van der Waals surface area contributed by atoms with Crippen LogP contribution < -0.4 is 5.73 Å². The van der Waals surface area contributed by atoms with Crippen molar-refractivity contribution in [2.45, 2.75) is 45.6 Å². The molecule has 0 aliphatic heterocycles. The van der Waals surface area contributed by atoms with Crippen LogP contribution in [0, 0.1) is 11.3 Å². The largest absolute Gasteiger partial charge is 0.327 e. The monoisotopic (exact) mass is 295 g/mol. The Morgan fingerprint density at radius 2 is 2.12 bits per heavy atom. The SMILES string of the molecule is CC1(C)CCCC1C(N)Cc1ccccc1Br. The fourth-order valence-electron chi connectivity index (χ4n) is 3.21. The molecule has 0 radical (unpaired) electrons. The van der Waals surface area contributed by atoms with Gasteiger partial charge in [0.1, 0.15) is 0 Å². The van der Waals surface area contributed by atoms with Crippen LogP contribution in [0.5, 0.6) is 0 Å². The van der Waals surface area contributed by atoms with Crippen molar-refractivity contribution in [1.29, 1.82) is 0 Å². The highest BCUT2D eigenvalue weighted by Gasteiger charge is 2.37. The first-order valence-corrected chi connectivity index (χ1v) is 7.29. The van der Waals surface area contributed by atoms with Crippen LogP contribution >= 0.6 is 15.9 Å². The van der Waals surface area contributed by atoms with Gasteiger partial charge < -0.3 is 5.73 Å². The molecule has 1 nitrogen and oxygen atoms in total. The summed E-state index contributed by atoms with van der Waals surface area (Å²) in [7, 11) is 0. The van der Waals surface area contributed by atoms with Crippen molar-refractivity contribution >= 4 is 15.9 Å². The van der Waals surface area contributed by atoms with E-state index in [0.717, 1.165) is 6.42 Å². The molecule has 2 N–H and O–H groups in total. The summed E-state index contributed by atoms with van der Waals surface area (Å²) in [6, 6.07) is 8.70. The maximum atomic E-state index is 6.43. The average molecular weight is 296 g/mol. The minimum Gasteiger partial charge on any atom is -0.327 e. The highest BCUT2D eigenvalue weighted by Crippen LogP contribution is 2.44. The third kappa shape index (κ3) is 2.92. The van der Waals surface area contributed by atoms with Crippen molar-refractivity contribution < 1.29 is 0 Å². The van der Waals surface area contributed by atoms with Gasteiger partial charge in [0.15, 0.2) is 0 Å². The Kier molecular flexibility index (Phi) is 3.94. The van der Waals surface area contributed by atoms with Crippen LogP contribution in [0.2, 0.25) is 0 Å². The molecular weight excluding hydrogens is 274 g/mol. The van der Waals surface area contributed by atoms with E-state index in [9.17, 15) is 0 Å². The Hall–Kier alpha value is -0.340. The highest BCUT2D eigenvalue weighted by molar-refractivity contribution is 9.10. The van der Waals surface area contributed by atoms with Gasteiger partial charge in [-0.05, 0) is 42.2 Å². The van der Waals surface area contributed by atoms with Crippen molar-refractivity contribution in [3.63, 3.8) is 0 Å². The van der Waals surface area contributed by atoms with Crippen LogP contribution in [0.15, 0.2) is 28.7 Å². The molecule has 1 saturated carbocycles. The van der Waals surface area contributed by atoms with Gasteiger partial charge >= 0.3 is 0 Å². The zero-order chi connectivity index (χ0) is 12.5. The zero-order valence-corrected chi connectivity index (χ0v) is 12.3. The Balaban J connectivity index is 2.07. The van der Waals surface area contributed by atoms with E-state index in [2.05, 4.69) is 54.0 Å². The van der Waals surface area contributed by atoms with Gasteiger partial charge in [0.05, 0.1) is 0 Å². The molecule has 0 amide bonds. The van der Waals surface area contributed by atoms with Crippen molar-refractivity contribution in [2.24, 2.45) is 17.1 Å². The van der Waals surface area contributed by atoms with Crippen LogP contribution in [0.1, 0.15) is 38.7 Å². The standard InChI is InChI=1S/C15H22BrN/c1-15(2)9-5-7-12(15)14(17)10-11-6-3-4-8-13(11)16/h3-4,6,8,12,14H,5,7,9-10,17H2,1-2H3. The lowest BCUT2D eigenvalue weighted by atomic mass is 9.76. The summed E-state index contributed by atoms with van der Waals surface area (Å²) in [5.41, 5.74) is 8.19. The molecule has 0 heterocycles. The number of benzene rings is 1. The van der Waals surface area contributed by atoms with Crippen molar-refractivity contribution in [1.82, 2.24) is 0 Å². The first-order chi connectivity index (χ1) is 8.00. The second-order valence-corrected chi connectivity index (χ2v) is 6.80. The van der Waals surface area contributed by atoms with Gasteiger partial charge in [0.2, 0.25) is 0 Å². The van der Waals surface area contributed by atoms with Gasteiger partial charge in [-0.25, -0.2) is 0 Å². The second kappa shape index (κ2) is 5.11. The quantitative estimate of drug-likeness (QED) is 0.891. The van der Waals surface area contributed by atoms with Gasteiger partial charge in [0.25, 0.3) is 0 Å². The molecule has 1 fully saturated rings. The van der Waals surface area contributed by atoms with E-state index in [1.165, 1.54) is 29.3 Å². The van der Waals surface area contributed by atoms with Gasteiger partial charge in [0, 0.05) is 10.5 Å². The lowest BCUT2D eigenvalue weighted by molar-refractivity contribution is 0.220. The molecule has 1 aliphatic carbocycles. The highest BCUT2D eigenvalue weighted by atomic mass is 79.9. The molecule has 0 bridgehead atoms. The summed E-state index contributed by atoms with van der Waals surface area (Å²) >= 11 is 3.61. The molecule has 2 atom stereocenters. The van der Waals surface area contributed by atoms with E-state index in [0.29, 0.717) is 11.3 Å². The van der Waals surface area contributed by atoms with Gasteiger partial charge in [-0.3, -0.25) is 0 Å². The van der Waals surface area contributed by atoms with E-state index in [1.807, 2.05) is 0 Å². The zero-order valence-electron chi connectivity index (χ0n) is 10.7. The molecule has 0 aromatic heterocycles. The van der Waals surface area contributed by atoms with Crippen LogP contribution in [0.25, 0.3) is 0 Å². The molecule has 0 spiro atoms. The molecule has 1 aromatic carbocycles. The molecule has 1 aliphatic rings. The Labute approximate surface area is 113 Å². The van der Waals surface area contributed by atoms with E-state index in [1.54, 1.807) is 0 Å². The van der Waals surface area contributed by atoms with Crippen LogP contribution in [-0.4, -0.2) is 6.04 Å². The third-order valence-electron chi connectivity index (χ3n) is 4.27. The topological polar surface area (TPSA) is 26.0 Å². The first-order valence-electron chi connectivity index (χ1n) is 6.50. The maximum absolute atomic E-state index is 6.43. The van der Waals surface area contributed by atoms with Crippen LogP contribution in [0.3, 0.4) is 0 Å². The minimum atomic E-state index is 0.284. The first kappa shape index (κ1) is 13.1. The lowest BCUT2D eigenvalue weighted by Gasteiger charge is -2.32. The number of rotatable bonds is 3. The molecule has 2 rings (SSSR count). The molecule has 94 valence electrons. The summed E-state index contributed by atoms with van der Waals surface area (Å²) in [5, 5.41) is 0. The van der Waals surface area contributed by atoms with E-state index >= 15 is 0 Å². The van der Waals surface area contributed by atoms with Gasteiger partial charge in [-0.1, -0.05) is 54.4 Å². The Morgan fingerprint density at radius 1 is 1.41 bits per heavy atom. The molecule has 2 heteroatoms. The summed E-state index contributed by atoms with van der Waals surface area (Å²) in [6.45, 7) is 4.73. The summed E-state index contributed by atoms with van der Waals surface area (Å²) in [4.78, 5) is 0. The summed E-state index contributed by atoms with van der Waals surface area (Å²) in [5.74, 6) is 0.662. The van der Waals surface area contributed by atoms with Crippen LogP contribution in [0.4, 0.5) is 0 Å². The summed E-state index contributed by atoms with van der Waals surface area (Å²) in [6.07, 6.45) is 4.93. The normalized spacial score (nSPS) is 24.8. The van der Waals surface area contributed by atoms with Crippen molar-refractivity contribution in [3.8, 4) is 0 Å². The third-order valence-corrected chi connectivity index (χ3v) is 5.04. The van der Waals surface area contributed by atoms with E-state index < -0.39 is 0 Å². The lowest BCUT2D eigenvalue weighted by Crippen LogP contribution is -2.38. The van der Waals surface area contributed by atoms with Crippen LogP contribution in [-0.2, 0) is 6.42 Å². The molecular formula is C15H22BrN. The Bertz CT molecular complexity index is 386. The fourth-order valence-corrected chi connectivity index (χ4v) is 3.65. The number of halogens is 1. The average Bonchev–Trinajstić information content (AvgIpc) is 2.61. The fraction of sp³-hybridized carbons (Fsp3) is 0.600. The maximum Gasteiger partial charge on any atom is 0.0207 e. The van der Waals surface area contributed by atoms with Gasteiger partial charge in [-0.15, -0.1) is 0 Å². The number of hydrogen-bond donors (Lipinski definition) is 1. The minimum absolute atomic E-state index is 0.284.